The van der Waals surface area contributed by atoms with Crippen molar-refractivity contribution in [3.63, 3.8) is 0 Å². The van der Waals surface area contributed by atoms with Crippen molar-refractivity contribution in [1.29, 1.82) is 0 Å². The van der Waals surface area contributed by atoms with Gasteiger partial charge in [-0.1, -0.05) is 10.6 Å². The summed E-state index contributed by atoms with van der Waals surface area (Å²) in [5, 5.41) is -0.411. The Morgan fingerprint density at radius 1 is 1.82 bits per heavy atom. The van der Waals surface area contributed by atoms with Crippen LogP contribution in [-0.4, -0.2) is 10.9 Å². The monoisotopic (exact) mass is 172 g/mol. The Hall–Kier alpha value is -0.200. The molecule has 0 heterocycles. The van der Waals surface area contributed by atoms with Gasteiger partial charge in [-0.25, -0.2) is 0 Å². The van der Waals surface area contributed by atoms with Gasteiger partial charge in [0.15, 0.2) is 5.66 Å². The van der Waals surface area contributed by atoms with E-state index in [1.807, 2.05) is 19.9 Å². The van der Waals surface area contributed by atoms with Gasteiger partial charge in [0, 0.05) is 12.3 Å². The summed E-state index contributed by atoms with van der Waals surface area (Å²) in [5.74, 6) is 0.286. The molecule has 1 aliphatic rings. The average molecular weight is 172 g/mol. The molecule has 1 saturated carbocycles. The second-order valence-electron chi connectivity index (χ2n) is 3.46. The smallest absolute Gasteiger partial charge is 0.284 e. The first-order valence-corrected chi connectivity index (χ1v) is 5.23. The maximum absolute atomic E-state index is 11.6. The van der Waals surface area contributed by atoms with Crippen molar-refractivity contribution >= 4 is 7.80 Å². The Labute approximate surface area is 68.6 Å². The molecule has 1 aliphatic carbocycles. The molecular formula is C8H15NOP+. The molecule has 0 saturated heterocycles. The van der Waals surface area contributed by atoms with Gasteiger partial charge in [-0.15, -0.1) is 6.58 Å². The van der Waals surface area contributed by atoms with Crippen molar-refractivity contribution in [2.45, 2.75) is 31.2 Å². The fourth-order valence-electron chi connectivity index (χ4n) is 1.31. The summed E-state index contributed by atoms with van der Waals surface area (Å²) in [6.07, 6.45) is 2.67. The number of rotatable bonds is 3. The Kier molecular flexibility index (Phi) is 2.17. The fraction of sp³-hybridized carbons (Fsp3) is 0.750. The standard InChI is InChI=1S/C8H15NOP/c1-4-7-5-8(7,9)11(10)6(2)3/h4,6-7H,1,5,9H2,2-3H3/q+1/t7-,8+/m1/s1. The summed E-state index contributed by atoms with van der Waals surface area (Å²) in [6, 6.07) is 0. The molecule has 0 spiro atoms. The zero-order valence-corrected chi connectivity index (χ0v) is 7.97. The topological polar surface area (TPSA) is 43.1 Å². The van der Waals surface area contributed by atoms with E-state index >= 15 is 0 Å². The van der Waals surface area contributed by atoms with Gasteiger partial charge in [-0.3, -0.25) is 5.73 Å². The highest BCUT2D eigenvalue weighted by atomic mass is 31.1. The van der Waals surface area contributed by atoms with Crippen LogP contribution >= 0.6 is 7.80 Å². The van der Waals surface area contributed by atoms with Gasteiger partial charge >= 0.3 is 7.80 Å². The van der Waals surface area contributed by atoms with Crippen molar-refractivity contribution < 1.29 is 4.57 Å². The van der Waals surface area contributed by atoms with Gasteiger partial charge < -0.3 is 0 Å². The van der Waals surface area contributed by atoms with E-state index in [0.717, 1.165) is 6.42 Å². The van der Waals surface area contributed by atoms with Crippen molar-refractivity contribution in [2.24, 2.45) is 11.7 Å². The predicted octanol–water partition coefficient (Wildman–Crippen LogP) is 2.08. The first kappa shape index (κ1) is 8.89. The summed E-state index contributed by atoms with van der Waals surface area (Å²) in [6.45, 7) is 7.55. The Bertz CT molecular complexity index is 202. The Morgan fingerprint density at radius 3 is 2.64 bits per heavy atom. The van der Waals surface area contributed by atoms with Crippen LogP contribution < -0.4 is 5.73 Å². The van der Waals surface area contributed by atoms with Gasteiger partial charge in [-0.2, -0.15) is 0 Å². The Morgan fingerprint density at radius 2 is 2.36 bits per heavy atom. The van der Waals surface area contributed by atoms with Gasteiger partial charge in [0.25, 0.3) is 0 Å². The normalized spacial score (nSPS) is 37.1. The van der Waals surface area contributed by atoms with Crippen LogP contribution in [0.25, 0.3) is 0 Å². The fourth-order valence-corrected chi connectivity index (χ4v) is 3.09. The van der Waals surface area contributed by atoms with E-state index in [4.69, 9.17) is 5.73 Å². The molecule has 2 nitrogen and oxygen atoms in total. The number of hydrogen-bond acceptors (Lipinski definition) is 2. The van der Waals surface area contributed by atoms with Crippen molar-refractivity contribution in [3.8, 4) is 0 Å². The minimum absolute atomic E-state index is 0.194. The van der Waals surface area contributed by atoms with E-state index in [1.54, 1.807) is 0 Å². The number of nitrogens with two attached hydrogens (primary N) is 1. The molecule has 0 radical (unpaired) electrons. The molecule has 1 fully saturated rings. The van der Waals surface area contributed by atoms with Crippen LogP contribution in [0.15, 0.2) is 12.7 Å². The zero-order valence-electron chi connectivity index (χ0n) is 7.08. The van der Waals surface area contributed by atoms with Gasteiger partial charge in [0.2, 0.25) is 5.28 Å². The largest absolute Gasteiger partial charge is 0.363 e. The van der Waals surface area contributed by atoms with E-state index in [1.165, 1.54) is 0 Å². The van der Waals surface area contributed by atoms with Crippen LogP contribution in [0.3, 0.4) is 0 Å². The first-order chi connectivity index (χ1) is 5.02. The molecular weight excluding hydrogens is 157 g/mol. The van der Waals surface area contributed by atoms with Crippen LogP contribution in [0, 0.1) is 5.92 Å². The highest BCUT2D eigenvalue weighted by molar-refractivity contribution is 7.47. The van der Waals surface area contributed by atoms with Crippen molar-refractivity contribution in [2.75, 3.05) is 0 Å². The molecule has 3 heteroatoms. The molecule has 0 aromatic rings. The van der Waals surface area contributed by atoms with Crippen LogP contribution in [0.2, 0.25) is 0 Å². The molecule has 0 aromatic carbocycles. The highest BCUT2D eigenvalue weighted by Crippen LogP contribution is 2.59. The lowest BCUT2D eigenvalue weighted by molar-refractivity contribution is 0.569. The van der Waals surface area contributed by atoms with E-state index in [9.17, 15) is 4.57 Å². The molecule has 2 N–H and O–H groups in total. The summed E-state index contributed by atoms with van der Waals surface area (Å²) < 4.78 is 11.6. The molecule has 11 heavy (non-hydrogen) atoms. The van der Waals surface area contributed by atoms with Crippen LogP contribution in [0.1, 0.15) is 20.3 Å². The minimum Gasteiger partial charge on any atom is -0.284 e. The third kappa shape index (κ3) is 1.38. The molecule has 1 unspecified atom stereocenters. The molecule has 0 aromatic heterocycles. The van der Waals surface area contributed by atoms with Gasteiger partial charge in [0.05, 0.1) is 0 Å². The first-order valence-electron chi connectivity index (χ1n) is 3.90. The van der Waals surface area contributed by atoms with Gasteiger partial charge in [-0.05, 0) is 13.8 Å². The molecule has 0 aliphatic heterocycles. The SMILES string of the molecule is C=C[C@@H]1C[C@]1(N)[P+](=O)C(C)C. The van der Waals surface area contributed by atoms with Crippen LogP contribution in [0.5, 0.6) is 0 Å². The van der Waals surface area contributed by atoms with Crippen LogP contribution in [0.4, 0.5) is 0 Å². The molecule has 0 bridgehead atoms. The van der Waals surface area contributed by atoms with Crippen molar-refractivity contribution in [3.05, 3.63) is 12.7 Å². The minimum atomic E-state index is -1.26. The summed E-state index contributed by atoms with van der Waals surface area (Å²) in [4.78, 5) is 0. The second kappa shape index (κ2) is 2.69. The number of hydrogen-bond donors (Lipinski definition) is 1. The van der Waals surface area contributed by atoms with Crippen LogP contribution in [-0.2, 0) is 4.57 Å². The average Bonchev–Trinajstić information content (AvgIpc) is 2.61. The van der Waals surface area contributed by atoms with E-state index in [2.05, 4.69) is 6.58 Å². The van der Waals surface area contributed by atoms with Crippen molar-refractivity contribution in [1.82, 2.24) is 0 Å². The van der Waals surface area contributed by atoms with Gasteiger partial charge in [0.1, 0.15) is 0 Å². The second-order valence-corrected chi connectivity index (χ2v) is 5.97. The lowest BCUT2D eigenvalue weighted by Crippen LogP contribution is -2.22. The lowest BCUT2D eigenvalue weighted by Gasteiger charge is -1.98. The predicted molar refractivity (Wildman–Crippen MR) is 48.0 cm³/mol. The quantitative estimate of drug-likeness (QED) is 0.523. The highest BCUT2D eigenvalue weighted by Gasteiger charge is 2.65. The van der Waals surface area contributed by atoms with E-state index in [0.29, 0.717) is 0 Å². The third-order valence-corrected chi connectivity index (χ3v) is 4.47. The summed E-state index contributed by atoms with van der Waals surface area (Å²) in [7, 11) is -1.26. The molecule has 0 amide bonds. The Balaban J connectivity index is 2.63. The third-order valence-electron chi connectivity index (χ3n) is 2.19. The maximum atomic E-state index is 11.6. The van der Waals surface area contributed by atoms with E-state index in [-0.39, 0.29) is 11.6 Å². The van der Waals surface area contributed by atoms with E-state index < -0.39 is 13.1 Å². The molecule has 1 rings (SSSR count). The maximum Gasteiger partial charge on any atom is 0.363 e. The lowest BCUT2D eigenvalue weighted by atomic mass is 10.4. The summed E-state index contributed by atoms with van der Waals surface area (Å²) in [5.41, 5.74) is 6.09. The summed E-state index contributed by atoms with van der Waals surface area (Å²) >= 11 is 0. The zero-order chi connectivity index (χ0) is 8.65. The molecule has 3 atom stereocenters. The molecule has 62 valence electrons.